The van der Waals surface area contributed by atoms with Crippen molar-refractivity contribution in [2.45, 2.75) is 12.1 Å². The zero-order valence-electron chi connectivity index (χ0n) is 15.7. The van der Waals surface area contributed by atoms with Crippen LogP contribution in [0, 0.1) is 0 Å². The van der Waals surface area contributed by atoms with E-state index in [4.69, 9.17) is 9.47 Å². The van der Waals surface area contributed by atoms with E-state index in [0.717, 1.165) is 21.5 Å². The lowest BCUT2D eigenvalue weighted by Gasteiger charge is -2.45. The third-order valence-corrected chi connectivity index (χ3v) is 6.03. The van der Waals surface area contributed by atoms with Crippen molar-refractivity contribution >= 4 is 32.6 Å². The molecule has 1 saturated heterocycles. The molecule has 5 nitrogen and oxygen atoms in total. The quantitative estimate of drug-likeness (QED) is 0.448. The molecule has 6 heteroatoms. The van der Waals surface area contributed by atoms with Crippen LogP contribution < -0.4 is 14.4 Å². The molecule has 3 aromatic carbocycles. The first-order valence-electron chi connectivity index (χ1n) is 9.29. The van der Waals surface area contributed by atoms with Gasteiger partial charge in [-0.05, 0) is 42.0 Å². The zero-order chi connectivity index (χ0) is 19.8. The molecule has 0 N–H and O–H groups in total. The molecule has 1 aliphatic heterocycles. The van der Waals surface area contributed by atoms with Crippen molar-refractivity contribution in [1.82, 2.24) is 4.98 Å². The molecule has 0 spiro atoms. The van der Waals surface area contributed by atoms with Crippen molar-refractivity contribution in [3.8, 4) is 11.5 Å². The van der Waals surface area contributed by atoms with E-state index in [2.05, 4.69) is 4.98 Å². The van der Waals surface area contributed by atoms with E-state index >= 15 is 0 Å². The van der Waals surface area contributed by atoms with Gasteiger partial charge in [-0.15, -0.1) is 0 Å². The normalized spacial score (nSPS) is 18.5. The highest BCUT2D eigenvalue weighted by molar-refractivity contribution is 7.22. The van der Waals surface area contributed by atoms with E-state index in [1.54, 1.807) is 12.0 Å². The number of para-hydroxylation sites is 2. The Hall–Kier alpha value is -3.38. The van der Waals surface area contributed by atoms with Gasteiger partial charge in [-0.2, -0.15) is 0 Å². The number of ether oxygens (including phenoxy) is 2. The molecule has 2 heterocycles. The Balaban J connectivity index is 1.53. The van der Waals surface area contributed by atoms with Crippen molar-refractivity contribution < 1.29 is 14.3 Å². The number of carbonyl (C=O) groups is 1. The summed E-state index contributed by atoms with van der Waals surface area (Å²) in [4.78, 5) is 19.5. The minimum atomic E-state index is -0.599. The SMILES string of the molecule is COc1ccc([C@@H]2[C@H](Oc3ccccc3)C(=O)N2c2nc3ccccc3s2)cc1. The number of rotatable bonds is 5. The molecule has 29 heavy (non-hydrogen) atoms. The Bertz CT molecular complexity index is 1120. The summed E-state index contributed by atoms with van der Waals surface area (Å²) < 4.78 is 12.4. The molecule has 4 aromatic rings. The Morgan fingerprint density at radius 3 is 2.34 bits per heavy atom. The highest BCUT2D eigenvalue weighted by Gasteiger charge is 2.52. The van der Waals surface area contributed by atoms with Crippen LogP contribution in [-0.4, -0.2) is 24.1 Å². The lowest BCUT2D eigenvalue weighted by molar-refractivity contribution is -0.135. The van der Waals surface area contributed by atoms with Gasteiger partial charge in [0.15, 0.2) is 5.13 Å². The number of amides is 1. The molecule has 0 radical (unpaired) electrons. The fourth-order valence-corrected chi connectivity index (χ4v) is 4.53. The number of nitrogens with zero attached hydrogens (tertiary/aromatic N) is 2. The van der Waals surface area contributed by atoms with Gasteiger partial charge in [-0.1, -0.05) is 53.8 Å². The second-order valence-corrected chi connectivity index (χ2v) is 7.75. The van der Waals surface area contributed by atoms with Crippen molar-refractivity contribution in [3.63, 3.8) is 0 Å². The first-order valence-corrected chi connectivity index (χ1v) is 10.1. The summed E-state index contributed by atoms with van der Waals surface area (Å²) >= 11 is 1.51. The van der Waals surface area contributed by atoms with Gasteiger partial charge in [0.2, 0.25) is 6.10 Å². The van der Waals surface area contributed by atoms with Crippen molar-refractivity contribution in [2.75, 3.05) is 12.0 Å². The Kier molecular flexibility index (Phi) is 4.41. The maximum atomic E-state index is 13.1. The van der Waals surface area contributed by atoms with Gasteiger partial charge in [-0.3, -0.25) is 9.69 Å². The lowest BCUT2D eigenvalue weighted by atomic mass is 9.91. The average molecular weight is 402 g/mol. The van der Waals surface area contributed by atoms with E-state index in [0.29, 0.717) is 10.9 Å². The van der Waals surface area contributed by atoms with E-state index in [-0.39, 0.29) is 11.9 Å². The number of fused-ring (bicyclic) bond motifs is 1. The molecule has 1 fully saturated rings. The number of β-lactam (4-membered cyclic amide) rings is 1. The number of thiazole rings is 1. The second kappa shape index (κ2) is 7.22. The summed E-state index contributed by atoms with van der Waals surface area (Å²) in [7, 11) is 1.64. The lowest BCUT2D eigenvalue weighted by Crippen LogP contribution is -2.61. The maximum absolute atomic E-state index is 13.1. The predicted molar refractivity (Wildman–Crippen MR) is 114 cm³/mol. The molecule has 2 atom stereocenters. The summed E-state index contributed by atoms with van der Waals surface area (Å²) in [6.07, 6.45) is -0.599. The number of benzene rings is 3. The molecule has 0 bridgehead atoms. The van der Waals surface area contributed by atoms with Crippen molar-refractivity contribution in [3.05, 3.63) is 84.4 Å². The molecular weight excluding hydrogens is 384 g/mol. The summed E-state index contributed by atoms with van der Waals surface area (Å²) in [5.41, 5.74) is 1.87. The van der Waals surface area contributed by atoms with Gasteiger partial charge in [-0.25, -0.2) is 4.98 Å². The highest BCUT2D eigenvalue weighted by atomic mass is 32.1. The van der Waals surface area contributed by atoms with Crippen LogP contribution in [0.2, 0.25) is 0 Å². The number of aromatic nitrogens is 1. The molecule has 5 rings (SSSR count). The molecule has 0 unspecified atom stereocenters. The first-order chi connectivity index (χ1) is 14.2. The highest BCUT2D eigenvalue weighted by Crippen LogP contribution is 2.44. The fraction of sp³-hybridized carbons (Fsp3) is 0.130. The van der Waals surface area contributed by atoms with Crippen LogP contribution in [0.4, 0.5) is 5.13 Å². The van der Waals surface area contributed by atoms with Crippen LogP contribution in [0.3, 0.4) is 0 Å². The predicted octanol–water partition coefficient (Wildman–Crippen LogP) is 4.84. The minimum absolute atomic E-state index is 0.0891. The number of hydrogen-bond acceptors (Lipinski definition) is 5. The second-order valence-electron chi connectivity index (χ2n) is 6.74. The minimum Gasteiger partial charge on any atom is -0.497 e. The monoisotopic (exact) mass is 402 g/mol. The van der Waals surface area contributed by atoms with Crippen LogP contribution in [0.25, 0.3) is 10.2 Å². The van der Waals surface area contributed by atoms with Crippen molar-refractivity contribution in [2.24, 2.45) is 0 Å². The number of anilines is 1. The van der Waals surface area contributed by atoms with Gasteiger partial charge >= 0.3 is 0 Å². The summed E-state index contributed by atoms with van der Waals surface area (Å²) in [5, 5.41) is 0.685. The van der Waals surface area contributed by atoms with Gasteiger partial charge in [0.25, 0.3) is 5.91 Å². The Labute approximate surface area is 172 Å². The topological polar surface area (TPSA) is 51.7 Å². The smallest absolute Gasteiger partial charge is 0.273 e. The molecule has 1 aliphatic rings. The fourth-order valence-electron chi connectivity index (χ4n) is 3.52. The summed E-state index contributed by atoms with van der Waals surface area (Å²) in [6, 6.07) is 24.8. The van der Waals surface area contributed by atoms with Gasteiger partial charge in [0, 0.05) is 0 Å². The summed E-state index contributed by atoms with van der Waals surface area (Å²) in [5.74, 6) is 1.36. The van der Waals surface area contributed by atoms with Crippen LogP contribution in [0.5, 0.6) is 11.5 Å². The molecular formula is C23H18N2O3S. The van der Waals surface area contributed by atoms with Crippen molar-refractivity contribution in [1.29, 1.82) is 0 Å². The standard InChI is InChI=1S/C23H18N2O3S/c1-27-16-13-11-15(12-14-16)20-21(28-17-7-3-2-4-8-17)22(26)25(20)23-24-18-9-5-6-10-19(18)29-23/h2-14,20-21H,1H3/t20-,21+/m1/s1. The van der Waals surface area contributed by atoms with Crippen LogP contribution in [0.15, 0.2) is 78.9 Å². The van der Waals surface area contributed by atoms with Gasteiger partial charge in [0.1, 0.15) is 17.5 Å². The third-order valence-electron chi connectivity index (χ3n) is 5.00. The van der Waals surface area contributed by atoms with E-state index in [1.807, 2.05) is 78.9 Å². The van der Waals surface area contributed by atoms with Gasteiger partial charge in [0.05, 0.1) is 17.3 Å². The molecule has 0 aliphatic carbocycles. The number of methoxy groups -OCH3 is 1. The number of carbonyl (C=O) groups excluding carboxylic acids is 1. The average Bonchev–Trinajstić information content (AvgIpc) is 3.19. The molecule has 144 valence electrons. The number of hydrogen-bond donors (Lipinski definition) is 0. The molecule has 0 saturated carbocycles. The molecule has 1 aromatic heterocycles. The van der Waals surface area contributed by atoms with E-state index in [9.17, 15) is 4.79 Å². The Morgan fingerprint density at radius 1 is 0.897 bits per heavy atom. The van der Waals surface area contributed by atoms with Crippen LogP contribution in [-0.2, 0) is 4.79 Å². The molecule has 1 amide bonds. The van der Waals surface area contributed by atoms with Crippen LogP contribution in [0.1, 0.15) is 11.6 Å². The maximum Gasteiger partial charge on any atom is 0.273 e. The third kappa shape index (κ3) is 3.11. The van der Waals surface area contributed by atoms with E-state index < -0.39 is 6.10 Å². The van der Waals surface area contributed by atoms with E-state index in [1.165, 1.54) is 11.3 Å². The van der Waals surface area contributed by atoms with Crippen LogP contribution >= 0.6 is 11.3 Å². The zero-order valence-corrected chi connectivity index (χ0v) is 16.5. The van der Waals surface area contributed by atoms with Gasteiger partial charge < -0.3 is 9.47 Å². The summed E-state index contributed by atoms with van der Waals surface area (Å²) in [6.45, 7) is 0. The Morgan fingerprint density at radius 2 is 1.62 bits per heavy atom. The largest absolute Gasteiger partial charge is 0.497 e. The first kappa shape index (κ1) is 17.7.